The van der Waals surface area contributed by atoms with Gasteiger partial charge in [-0.3, -0.25) is 0 Å². The van der Waals surface area contributed by atoms with Crippen LogP contribution in [-0.4, -0.2) is 50.9 Å². The third kappa shape index (κ3) is 4.32. The Kier molecular flexibility index (Phi) is 5.69. The molecule has 1 atom stereocenters. The van der Waals surface area contributed by atoms with Gasteiger partial charge in [0, 0.05) is 12.6 Å². The number of halogens is 4. The van der Waals surface area contributed by atoms with Crippen molar-refractivity contribution < 1.29 is 22.7 Å². The highest BCUT2D eigenvalue weighted by Crippen LogP contribution is 2.38. The number of hydrogen-bond acceptors (Lipinski definition) is 6. The minimum Gasteiger partial charge on any atom is -0.507 e. The first-order valence-corrected chi connectivity index (χ1v) is 8.99. The highest BCUT2D eigenvalue weighted by atomic mass is 19.4. The van der Waals surface area contributed by atoms with Crippen LogP contribution in [0.5, 0.6) is 5.75 Å². The minimum absolute atomic E-state index is 0.104. The summed E-state index contributed by atoms with van der Waals surface area (Å²) in [7, 11) is 0. The quantitative estimate of drug-likeness (QED) is 0.766. The van der Waals surface area contributed by atoms with Gasteiger partial charge < -0.3 is 15.3 Å². The second-order valence-corrected chi connectivity index (χ2v) is 6.80. The Hall–Kier alpha value is -2.49. The van der Waals surface area contributed by atoms with Gasteiger partial charge in [0.25, 0.3) is 0 Å². The van der Waals surface area contributed by atoms with Gasteiger partial charge in [0.15, 0.2) is 0 Å². The maximum atomic E-state index is 14.3. The molecule has 1 saturated heterocycles. The SMILES string of the molecule is CCN1CCC[C@@H](Nc2nnc(-c3c(O)cc(C(F)(F)F)cc3F)c(C)n2)C1. The highest BCUT2D eigenvalue weighted by Gasteiger charge is 2.33. The van der Waals surface area contributed by atoms with Crippen molar-refractivity contribution in [3.63, 3.8) is 0 Å². The molecule has 0 bridgehead atoms. The number of phenols is 1. The summed E-state index contributed by atoms with van der Waals surface area (Å²) in [6.07, 6.45) is -2.77. The molecular weight excluding hydrogens is 378 g/mol. The van der Waals surface area contributed by atoms with E-state index in [9.17, 15) is 22.7 Å². The van der Waals surface area contributed by atoms with Gasteiger partial charge in [-0.05, 0) is 45.0 Å². The molecule has 0 spiro atoms. The number of likely N-dealkylation sites (tertiary alicyclic amines) is 1. The summed E-state index contributed by atoms with van der Waals surface area (Å²) >= 11 is 0. The molecule has 0 unspecified atom stereocenters. The number of alkyl halides is 3. The van der Waals surface area contributed by atoms with Crippen molar-refractivity contribution in [3.05, 3.63) is 29.2 Å². The molecule has 152 valence electrons. The number of rotatable bonds is 4. The first-order valence-electron chi connectivity index (χ1n) is 8.99. The lowest BCUT2D eigenvalue weighted by atomic mass is 10.0. The molecule has 2 heterocycles. The van der Waals surface area contributed by atoms with E-state index in [-0.39, 0.29) is 23.4 Å². The average Bonchev–Trinajstić information content (AvgIpc) is 2.62. The normalized spacial score (nSPS) is 18.3. The lowest BCUT2D eigenvalue weighted by Crippen LogP contribution is -2.42. The summed E-state index contributed by atoms with van der Waals surface area (Å²) in [4.78, 5) is 6.54. The van der Waals surface area contributed by atoms with Crippen LogP contribution in [0.4, 0.5) is 23.5 Å². The van der Waals surface area contributed by atoms with Crippen LogP contribution < -0.4 is 5.32 Å². The molecule has 1 aromatic heterocycles. The number of aromatic nitrogens is 3. The van der Waals surface area contributed by atoms with Crippen molar-refractivity contribution in [1.82, 2.24) is 20.1 Å². The zero-order chi connectivity index (χ0) is 20.5. The van der Waals surface area contributed by atoms with E-state index in [1.807, 2.05) is 0 Å². The second-order valence-electron chi connectivity index (χ2n) is 6.80. The van der Waals surface area contributed by atoms with E-state index < -0.39 is 28.9 Å². The van der Waals surface area contributed by atoms with E-state index in [1.54, 1.807) is 0 Å². The number of aryl methyl sites for hydroxylation is 1. The monoisotopic (exact) mass is 399 g/mol. The zero-order valence-electron chi connectivity index (χ0n) is 15.5. The van der Waals surface area contributed by atoms with Crippen LogP contribution >= 0.6 is 0 Å². The number of hydrogen-bond donors (Lipinski definition) is 2. The fourth-order valence-electron chi connectivity index (χ4n) is 3.33. The van der Waals surface area contributed by atoms with E-state index in [0.29, 0.717) is 12.1 Å². The summed E-state index contributed by atoms with van der Waals surface area (Å²) < 4.78 is 52.6. The maximum Gasteiger partial charge on any atom is 0.416 e. The van der Waals surface area contributed by atoms with Crippen LogP contribution in [0, 0.1) is 12.7 Å². The molecule has 1 aromatic carbocycles. The molecule has 1 fully saturated rings. The van der Waals surface area contributed by atoms with Crippen molar-refractivity contribution in [3.8, 4) is 17.0 Å². The number of aromatic hydroxyl groups is 1. The molecule has 2 aromatic rings. The summed E-state index contributed by atoms with van der Waals surface area (Å²) in [6.45, 7) is 6.45. The highest BCUT2D eigenvalue weighted by molar-refractivity contribution is 5.70. The van der Waals surface area contributed by atoms with Crippen LogP contribution in [0.2, 0.25) is 0 Å². The summed E-state index contributed by atoms with van der Waals surface area (Å²) in [5.41, 5.74) is -1.59. The molecular formula is C18H21F4N5O. The molecule has 28 heavy (non-hydrogen) atoms. The Balaban J connectivity index is 1.85. The Bertz CT molecular complexity index is 835. The molecule has 6 nitrogen and oxygen atoms in total. The van der Waals surface area contributed by atoms with E-state index in [4.69, 9.17) is 0 Å². The molecule has 0 aliphatic carbocycles. The van der Waals surface area contributed by atoms with Crippen LogP contribution in [0.25, 0.3) is 11.3 Å². The zero-order valence-corrected chi connectivity index (χ0v) is 15.5. The minimum atomic E-state index is -4.77. The number of phenolic OH excluding ortho intramolecular Hbond substituents is 1. The first kappa shape index (κ1) is 20.2. The maximum absolute atomic E-state index is 14.3. The fourth-order valence-corrected chi connectivity index (χ4v) is 3.33. The lowest BCUT2D eigenvalue weighted by molar-refractivity contribution is -0.137. The number of anilines is 1. The molecule has 1 aliphatic rings. The van der Waals surface area contributed by atoms with E-state index in [1.165, 1.54) is 6.92 Å². The molecule has 10 heteroatoms. The Morgan fingerprint density at radius 1 is 1.29 bits per heavy atom. The molecule has 3 rings (SSSR count). The predicted octanol–water partition coefficient (Wildman–Crippen LogP) is 3.61. The standard InChI is InChI=1S/C18H21F4N5O/c1-3-27-6-4-5-12(9-27)24-17-23-10(2)16(25-26-17)15-13(19)7-11(8-14(15)28)18(20,21)22/h7-8,12,28H,3-6,9H2,1-2H3,(H,23,24,26)/t12-/m1/s1. The topological polar surface area (TPSA) is 74.2 Å². The second kappa shape index (κ2) is 7.86. The van der Waals surface area contributed by atoms with E-state index in [0.717, 1.165) is 32.5 Å². The summed E-state index contributed by atoms with van der Waals surface area (Å²) in [5.74, 6) is -1.84. The van der Waals surface area contributed by atoms with Crippen LogP contribution in [0.3, 0.4) is 0 Å². The molecule has 2 N–H and O–H groups in total. The van der Waals surface area contributed by atoms with Crippen molar-refractivity contribution >= 4 is 5.95 Å². The van der Waals surface area contributed by atoms with Gasteiger partial charge in [0.2, 0.25) is 5.95 Å². The molecule has 0 radical (unpaired) electrons. The van der Waals surface area contributed by atoms with Crippen LogP contribution in [0.15, 0.2) is 12.1 Å². The van der Waals surface area contributed by atoms with E-state index >= 15 is 0 Å². The van der Waals surface area contributed by atoms with Crippen molar-refractivity contribution in [1.29, 1.82) is 0 Å². The number of nitrogens with one attached hydrogen (secondary N) is 1. The Morgan fingerprint density at radius 2 is 2.04 bits per heavy atom. The summed E-state index contributed by atoms with van der Waals surface area (Å²) in [5, 5.41) is 21.0. The van der Waals surface area contributed by atoms with Gasteiger partial charge in [-0.2, -0.15) is 13.2 Å². The lowest BCUT2D eigenvalue weighted by Gasteiger charge is -2.32. The molecule has 1 aliphatic heterocycles. The average molecular weight is 399 g/mol. The van der Waals surface area contributed by atoms with Gasteiger partial charge >= 0.3 is 6.18 Å². The molecule has 0 saturated carbocycles. The number of nitrogens with zero attached hydrogens (tertiary/aromatic N) is 4. The van der Waals surface area contributed by atoms with Gasteiger partial charge in [0.05, 0.1) is 16.8 Å². The molecule has 0 amide bonds. The largest absolute Gasteiger partial charge is 0.507 e. The van der Waals surface area contributed by atoms with Crippen molar-refractivity contribution in [2.24, 2.45) is 0 Å². The van der Waals surface area contributed by atoms with Crippen LogP contribution in [-0.2, 0) is 6.18 Å². The Labute approximate surface area is 159 Å². The van der Waals surface area contributed by atoms with Gasteiger partial charge in [-0.25, -0.2) is 9.37 Å². The number of benzene rings is 1. The predicted molar refractivity (Wildman–Crippen MR) is 95.4 cm³/mol. The van der Waals surface area contributed by atoms with Gasteiger partial charge in [-0.1, -0.05) is 6.92 Å². The van der Waals surface area contributed by atoms with Gasteiger partial charge in [0.1, 0.15) is 17.3 Å². The Morgan fingerprint density at radius 3 is 2.64 bits per heavy atom. The third-order valence-corrected chi connectivity index (χ3v) is 4.78. The number of piperidine rings is 1. The summed E-state index contributed by atoms with van der Waals surface area (Å²) in [6, 6.07) is 0.938. The van der Waals surface area contributed by atoms with E-state index in [2.05, 4.69) is 32.3 Å². The fraction of sp³-hybridized carbons (Fsp3) is 0.500. The van der Waals surface area contributed by atoms with Crippen molar-refractivity contribution in [2.75, 3.05) is 25.0 Å². The van der Waals surface area contributed by atoms with Gasteiger partial charge in [-0.15, -0.1) is 10.2 Å². The van der Waals surface area contributed by atoms with Crippen molar-refractivity contribution in [2.45, 2.75) is 38.9 Å². The third-order valence-electron chi connectivity index (χ3n) is 4.78. The van der Waals surface area contributed by atoms with Crippen LogP contribution in [0.1, 0.15) is 31.0 Å². The first-order chi connectivity index (χ1) is 13.2. The smallest absolute Gasteiger partial charge is 0.416 e. The number of likely N-dealkylation sites (N-methyl/N-ethyl adjacent to an activating group) is 1.